The largest absolute Gasteiger partial charge is 0.462 e. The molecule has 1 amide bonds. The van der Waals surface area contributed by atoms with Gasteiger partial charge in [-0.1, -0.05) is 30.3 Å². The van der Waals surface area contributed by atoms with Crippen LogP contribution >= 0.6 is 11.3 Å². The summed E-state index contributed by atoms with van der Waals surface area (Å²) in [5.41, 5.74) is 2.36. The van der Waals surface area contributed by atoms with Gasteiger partial charge in [0.25, 0.3) is 5.91 Å². The quantitative estimate of drug-likeness (QED) is 0.750. The maximum Gasteiger partial charge on any atom is 0.341 e. The van der Waals surface area contributed by atoms with Crippen LogP contribution < -0.4 is 10.2 Å². The molecule has 0 bridgehead atoms. The molecule has 2 heterocycles. The van der Waals surface area contributed by atoms with Gasteiger partial charge in [-0.25, -0.2) is 4.79 Å². The number of nitrogens with one attached hydrogen (secondary N) is 2. The Morgan fingerprint density at radius 3 is 2.52 bits per heavy atom. The van der Waals surface area contributed by atoms with E-state index in [4.69, 9.17) is 4.74 Å². The number of carbonyl (C=O) groups is 2. The average Bonchev–Trinajstić information content (AvgIpc) is 2.99. The number of piperidine rings is 1. The van der Waals surface area contributed by atoms with Crippen molar-refractivity contribution in [1.82, 2.24) is 0 Å². The molecule has 1 fully saturated rings. The Morgan fingerprint density at radius 2 is 1.85 bits per heavy atom. The van der Waals surface area contributed by atoms with Crippen LogP contribution in [0.25, 0.3) is 10.4 Å². The zero-order valence-corrected chi connectivity index (χ0v) is 16.8. The van der Waals surface area contributed by atoms with E-state index in [0.717, 1.165) is 29.1 Å². The van der Waals surface area contributed by atoms with Crippen LogP contribution in [0.2, 0.25) is 0 Å². The summed E-state index contributed by atoms with van der Waals surface area (Å²) in [5.74, 6) is -0.424. The molecule has 1 aromatic carbocycles. The van der Waals surface area contributed by atoms with Crippen molar-refractivity contribution in [2.24, 2.45) is 0 Å². The number of amides is 1. The number of thiophene rings is 1. The van der Waals surface area contributed by atoms with Crippen LogP contribution in [0.1, 0.15) is 42.1 Å². The predicted octanol–water partition coefficient (Wildman–Crippen LogP) is 2.91. The van der Waals surface area contributed by atoms with Crippen LogP contribution in [0.3, 0.4) is 0 Å². The van der Waals surface area contributed by atoms with Crippen LogP contribution in [-0.2, 0) is 9.53 Å². The van der Waals surface area contributed by atoms with E-state index in [1.807, 2.05) is 37.3 Å². The van der Waals surface area contributed by atoms with Gasteiger partial charge in [0.2, 0.25) is 0 Å². The molecule has 2 N–H and O–H groups in total. The first-order chi connectivity index (χ1) is 13.1. The van der Waals surface area contributed by atoms with E-state index < -0.39 is 0 Å². The number of benzene rings is 1. The summed E-state index contributed by atoms with van der Waals surface area (Å²) in [4.78, 5) is 27.4. The molecule has 6 heteroatoms. The fraction of sp³-hybridized carbons (Fsp3) is 0.429. The lowest BCUT2D eigenvalue weighted by Gasteiger charge is -2.22. The molecule has 5 nitrogen and oxygen atoms in total. The van der Waals surface area contributed by atoms with Gasteiger partial charge in [-0.05, 0) is 44.2 Å². The second kappa shape index (κ2) is 9.15. The predicted molar refractivity (Wildman–Crippen MR) is 108 cm³/mol. The van der Waals surface area contributed by atoms with Gasteiger partial charge in [0, 0.05) is 4.88 Å². The van der Waals surface area contributed by atoms with E-state index in [1.165, 1.54) is 35.5 Å². The first-order valence-corrected chi connectivity index (χ1v) is 10.4. The summed E-state index contributed by atoms with van der Waals surface area (Å²) in [6, 6.07) is 9.92. The topological polar surface area (TPSA) is 59.8 Å². The van der Waals surface area contributed by atoms with E-state index in [2.05, 4.69) is 5.32 Å². The monoisotopic (exact) mass is 387 g/mol. The smallest absolute Gasteiger partial charge is 0.341 e. The second-order valence-electron chi connectivity index (χ2n) is 6.88. The molecule has 0 radical (unpaired) electrons. The molecular weight excluding hydrogens is 360 g/mol. The minimum Gasteiger partial charge on any atom is -0.462 e. The lowest BCUT2D eigenvalue weighted by molar-refractivity contribution is -0.896. The number of carbonyl (C=O) groups excluding carboxylic acids is 2. The number of hydrogen-bond donors (Lipinski definition) is 2. The van der Waals surface area contributed by atoms with Gasteiger partial charge < -0.3 is 15.0 Å². The van der Waals surface area contributed by atoms with Crippen molar-refractivity contribution in [2.75, 3.05) is 31.6 Å². The van der Waals surface area contributed by atoms with E-state index in [1.54, 1.807) is 6.92 Å². The Bertz CT molecular complexity index is 795. The molecule has 2 aromatic rings. The number of rotatable bonds is 6. The highest BCUT2D eigenvalue weighted by atomic mass is 32.1. The Hall–Kier alpha value is -2.18. The van der Waals surface area contributed by atoms with Crippen molar-refractivity contribution >= 4 is 28.2 Å². The maximum absolute atomic E-state index is 12.6. The molecule has 1 saturated heterocycles. The minimum absolute atomic E-state index is 0.0432. The fourth-order valence-electron chi connectivity index (χ4n) is 3.54. The van der Waals surface area contributed by atoms with Crippen LogP contribution in [-0.4, -0.2) is 38.1 Å². The van der Waals surface area contributed by atoms with Gasteiger partial charge in [0.15, 0.2) is 6.54 Å². The van der Waals surface area contributed by atoms with Crippen molar-refractivity contribution in [3.63, 3.8) is 0 Å². The average molecular weight is 388 g/mol. The lowest BCUT2D eigenvalue weighted by atomic mass is 10.1. The molecule has 3 rings (SSSR count). The Morgan fingerprint density at radius 1 is 1.15 bits per heavy atom. The molecule has 1 aliphatic heterocycles. The third kappa shape index (κ3) is 4.76. The highest BCUT2D eigenvalue weighted by molar-refractivity contribution is 7.20. The summed E-state index contributed by atoms with van der Waals surface area (Å²) in [6.45, 7) is 6.53. The number of esters is 1. The minimum atomic E-state index is -0.381. The molecular formula is C21H27N2O3S+. The van der Waals surface area contributed by atoms with E-state index in [0.29, 0.717) is 23.7 Å². The summed E-state index contributed by atoms with van der Waals surface area (Å²) in [7, 11) is 0. The van der Waals surface area contributed by atoms with Crippen molar-refractivity contribution in [3.8, 4) is 10.4 Å². The normalized spacial score (nSPS) is 14.7. The van der Waals surface area contributed by atoms with Gasteiger partial charge in [-0.15, -0.1) is 11.3 Å². The third-order valence-electron chi connectivity index (χ3n) is 4.89. The van der Waals surface area contributed by atoms with Crippen LogP contribution in [0, 0.1) is 6.92 Å². The molecule has 1 aromatic heterocycles. The SMILES string of the molecule is CCOC(=O)c1c(NC(=O)C[NH+]2CCCCC2)sc(-c2ccccc2)c1C. The van der Waals surface area contributed by atoms with Gasteiger partial charge in [0.05, 0.1) is 25.3 Å². The first-order valence-electron chi connectivity index (χ1n) is 9.59. The Labute approximate surface area is 164 Å². The summed E-state index contributed by atoms with van der Waals surface area (Å²) >= 11 is 1.44. The second-order valence-corrected chi connectivity index (χ2v) is 7.90. The number of likely N-dealkylation sites (tertiary alicyclic amines) is 1. The number of quaternary nitrogens is 1. The van der Waals surface area contributed by atoms with Gasteiger partial charge in [-0.2, -0.15) is 0 Å². The van der Waals surface area contributed by atoms with Crippen LogP contribution in [0.15, 0.2) is 30.3 Å². The summed E-state index contributed by atoms with van der Waals surface area (Å²) in [5, 5.41) is 3.58. The number of anilines is 1. The Kier molecular flexibility index (Phi) is 6.63. The highest BCUT2D eigenvalue weighted by Gasteiger charge is 2.25. The van der Waals surface area contributed by atoms with Crippen LogP contribution in [0.4, 0.5) is 5.00 Å². The number of ether oxygens (including phenoxy) is 1. The zero-order valence-electron chi connectivity index (χ0n) is 16.0. The van der Waals surface area contributed by atoms with Gasteiger partial charge >= 0.3 is 5.97 Å². The number of hydrogen-bond acceptors (Lipinski definition) is 4. The third-order valence-corrected chi connectivity index (χ3v) is 6.14. The maximum atomic E-state index is 12.6. The fourth-order valence-corrected chi connectivity index (χ4v) is 4.76. The Balaban J connectivity index is 1.85. The molecule has 0 spiro atoms. The van der Waals surface area contributed by atoms with E-state index in [-0.39, 0.29) is 11.9 Å². The van der Waals surface area contributed by atoms with E-state index in [9.17, 15) is 9.59 Å². The lowest BCUT2D eigenvalue weighted by Crippen LogP contribution is -3.13. The molecule has 0 saturated carbocycles. The molecule has 0 atom stereocenters. The van der Waals surface area contributed by atoms with Crippen LogP contribution in [0.5, 0.6) is 0 Å². The summed E-state index contributed by atoms with van der Waals surface area (Å²) < 4.78 is 5.24. The van der Waals surface area contributed by atoms with E-state index >= 15 is 0 Å². The molecule has 0 aliphatic carbocycles. The standard InChI is InChI=1S/C21H26N2O3S/c1-3-26-21(25)18-15(2)19(16-10-6-4-7-11-16)27-20(18)22-17(24)14-23-12-8-5-9-13-23/h4,6-7,10-11H,3,5,8-9,12-14H2,1-2H3,(H,22,24)/p+1. The van der Waals surface area contributed by atoms with Crippen molar-refractivity contribution < 1.29 is 19.2 Å². The molecule has 144 valence electrons. The molecule has 1 aliphatic rings. The van der Waals surface area contributed by atoms with Crippen molar-refractivity contribution in [3.05, 3.63) is 41.5 Å². The highest BCUT2D eigenvalue weighted by Crippen LogP contribution is 2.40. The van der Waals surface area contributed by atoms with Gasteiger partial charge in [-0.3, -0.25) is 4.79 Å². The van der Waals surface area contributed by atoms with Crippen molar-refractivity contribution in [2.45, 2.75) is 33.1 Å². The first kappa shape index (κ1) is 19.6. The van der Waals surface area contributed by atoms with Crippen molar-refractivity contribution in [1.29, 1.82) is 0 Å². The molecule has 0 unspecified atom stereocenters. The molecule has 27 heavy (non-hydrogen) atoms. The zero-order chi connectivity index (χ0) is 19.2. The summed E-state index contributed by atoms with van der Waals surface area (Å²) in [6.07, 6.45) is 3.60. The van der Waals surface area contributed by atoms with Gasteiger partial charge in [0.1, 0.15) is 5.00 Å².